The van der Waals surface area contributed by atoms with Gasteiger partial charge in [0.05, 0.1) is 18.8 Å². The number of pyridine rings is 1. The van der Waals surface area contributed by atoms with E-state index in [4.69, 9.17) is 4.74 Å². The molecule has 0 spiro atoms. The van der Waals surface area contributed by atoms with Gasteiger partial charge in [0.2, 0.25) is 0 Å². The van der Waals surface area contributed by atoms with Crippen LogP contribution in [0.4, 0.5) is 5.82 Å². The van der Waals surface area contributed by atoms with Crippen LogP contribution in [0.5, 0.6) is 5.75 Å². The van der Waals surface area contributed by atoms with Gasteiger partial charge in [-0.2, -0.15) is 0 Å². The smallest absolute Gasteiger partial charge is 0.191 e. The summed E-state index contributed by atoms with van der Waals surface area (Å²) in [6.07, 6.45) is 3.28. The van der Waals surface area contributed by atoms with Gasteiger partial charge in [-0.1, -0.05) is 18.2 Å². The number of rotatable bonds is 12. The molecule has 0 aliphatic rings. The highest BCUT2D eigenvalue weighted by Crippen LogP contribution is 2.19. The van der Waals surface area contributed by atoms with E-state index >= 15 is 0 Å². The maximum absolute atomic E-state index is 10.4. The molecule has 0 bridgehead atoms. The molecule has 1 unspecified atom stereocenters. The van der Waals surface area contributed by atoms with E-state index in [1.165, 1.54) is 0 Å². The molecular formula is C23H35N5O2. The molecule has 1 aromatic heterocycles. The normalized spacial score (nSPS) is 12.5. The van der Waals surface area contributed by atoms with Gasteiger partial charge in [-0.05, 0) is 63.4 Å². The number of aliphatic hydroxyl groups excluding tert-OH is 1. The molecule has 2 aromatic rings. The topological polar surface area (TPSA) is 90.8 Å². The fourth-order valence-electron chi connectivity index (χ4n) is 2.81. The quantitative estimate of drug-likeness (QED) is 0.242. The van der Waals surface area contributed by atoms with Gasteiger partial charge in [-0.15, -0.1) is 0 Å². The molecule has 2 rings (SSSR count). The van der Waals surface area contributed by atoms with Crippen LogP contribution in [-0.4, -0.2) is 48.3 Å². The van der Waals surface area contributed by atoms with E-state index in [-0.39, 0.29) is 6.10 Å². The number of nitrogens with zero attached hydrogens (tertiary/aromatic N) is 2. The summed E-state index contributed by atoms with van der Waals surface area (Å²) in [6, 6.07) is 13.4. The molecular weight excluding hydrogens is 378 g/mol. The molecule has 1 aromatic carbocycles. The van der Waals surface area contributed by atoms with Gasteiger partial charge in [0, 0.05) is 25.8 Å². The van der Waals surface area contributed by atoms with Crippen LogP contribution in [0.2, 0.25) is 0 Å². The number of aromatic nitrogens is 1. The third-order valence-electron chi connectivity index (χ3n) is 4.27. The molecule has 1 atom stereocenters. The lowest BCUT2D eigenvalue weighted by Gasteiger charge is -2.14. The Morgan fingerprint density at radius 2 is 1.83 bits per heavy atom. The van der Waals surface area contributed by atoms with Gasteiger partial charge >= 0.3 is 0 Å². The minimum absolute atomic E-state index is 0.130. The Morgan fingerprint density at radius 3 is 2.50 bits per heavy atom. The standard InChI is InChI=1S/C23H35N5O2/c1-4-24-23(27-16-8-7-15-26-22-9-5-6-14-25-22)28-17-21(29)19-10-12-20(13-11-19)30-18(2)3/h5-6,9-14,18,21,29H,4,7-8,15-17H2,1-3H3,(H,25,26)(H2,24,27,28). The van der Waals surface area contributed by atoms with Crippen LogP contribution in [0.3, 0.4) is 0 Å². The van der Waals surface area contributed by atoms with Crippen LogP contribution >= 0.6 is 0 Å². The van der Waals surface area contributed by atoms with E-state index in [0.29, 0.717) is 12.5 Å². The number of aliphatic imine (C=N–C) groups is 1. The number of ether oxygens (including phenoxy) is 1. The Hall–Kier alpha value is -2.80. The van der Waals surface area contributed by atoms with Gasteiger partial charge in [0.25, 0.3) is 0 Å². The third kappa shape index (κ3) is 9.13. The van der Waals surface area contributed by atoms with Crippen LogP contribution in [-0.2, 0) is 0 Å². The first-order valence-electron chi connectivity index (χ1n) is 10.7. The van der Waals surface area contributed by atoms with Gasteiger partial charge in [0.1, 0.15) is 11.6 Å². The van der Waals surface area contributed by atoms with Crippen LogP contribution in [0.25, 0.3) is 0 Å². The zero-order valence-electron chi connectivity index (χ0n) is 18.3. The van der Waals surface area contributed by atoms with Crippen LogP contribution in [0.15, 0.2) is 53.7 Å². The maximum atomic E-state index is 10.4. The zero-order valence-corrected chi connectivity index (χ0v) is 18.3. The number of benzene rings is 1. The Balaban J connectivity index is 1.72. The summed E-state index contributed by atoms with van der Waals surface area (Å²) < 4.78 is 5.64. The molecule has 7 heteroatoms. The first kappa shape index (κ1) is 23.5. The Bertz CT molecular complexity index is 735. The number of unbranched alkanes of at least 4 members (excludes halogenated alkanes) is 1. The Morgan fingerprint density at radius 1 is 1.07 bits per heavy atom. The average molecular weight is 414 g/mol. The number of aliphatic hydroxyl groups is 1. The molecule has 164 valence electrons. The van der Waals surface area contributed by atoms with Gasteiger partial charge < -0.3 is 25.8 Å². The molecule has 0 saturated carbocycles. The highest BCUT2D eigenvalue weighted by Gasteiger charge is 2.08. The molecule has 1 heterocycles. The molecule has 7 nitrogen and oxygen atoms in total. The van der Waals surface area contributed by atoms with Crippen molar-refractivity contribution < 1.29 is 9.84 Å². The van der Waals surface area contributed by atoms with Crippen molar-refractivity contribution in [2.45, 2.75) is 45.8 Å². The monoisotopic (exact) mass is 413 g/mol. The van der Waals surface area contributed by atoms with Crippen molar-refractivity contribution in [2.24, 2.45) is 4.99 Å². The van der Waals surface area contributed by atoms with Crippen molar-refractivity contribution in [1.29, 1.82) is 0 Å². The van der Waals surface area contributed by atoms with E-state index in [1.807, 2.05) is 63.2 Å². The van der Waals surface area contributed by atoms with Crippen molar-refractivity contribution >= 4 is 11.8 Å². The second kappa shape index (κ2) is 13.4. The largest absolute Gasteiger partial charge is 0.491 e. The molecule has 0 amide bonds. The van der Waals surface area contributed by atoms with Crippen LogP contribution < -0.4 is 20.7 Å². The lowest BCUT2D eigenvalue weighted by molar-refractivity contribution is 0.186. The first-order valence-corrected chi connectivity index (χ1v) is 10.7. The molecule has 30 heavy (non-hydrogen) atoms. The number of nitrogens with one attached hydrogen (secondary N) is 3. The van der Waals surface area contributed by atoms with E-state index in [0.717, 1.165) is 49.6 Å². The molecule has 4 N–H and O–H groups in total. The summed E-state index contributed by atoms with van der Waals surface area (Å²) in [4.78, 5) is 8.76. The summed E-state index contributed by atoms with van der Waals surface area (Å²) in [5.74, 6) is 2.42. The molecule has 0 aliphatic carbocycles. The van der Waals surface area contributed by atoms with Gasteiger partial charge in [-0.3, -0.25) is 4.99 Å². The lowest BCUT2D eigenvalue weighted by atomic mass is 10.1. The van der Waals surface area contributed by atoms with E-state index in [2.05, 4.69) is 25.9 Å². The predicted molar refractivity (Wildman–Crippen MR) is 123 cm³/mol. The number of anilines is 1. The minimum atomic E-state index is -0.656. The summed E-state index contributed by atoms with van der Waals surface area (Å²) in [7, 11) is 0. The first-order chi connectivity index (χ1) is 14.6. The molecule has 0 radical (unpaired) electrons. The van der Waals surface area contributed by atoms with Crippen LogP contribution in [0, 0.1) is 0 Å². The SMILES string of the molecule is CCNC(=NCC(O)c1ccc(OC(C)C)cc1)NCCCCNc1ccccn1. The predicted octanol–water partition coefficient (Wildman–Crippen LogP) is 3.35. The van der Waals surface area contributed by atoms with Crippen molar-refractivity contribution in [2.75, 3.05) is 31.5 Å². The number of guanidine groups is 1. The summed E-state index contributed by atoms with van der Waals surface area (Å²) in [6.45, 7) is 8.76. The van der Waals surface area contributed by atoms with E-state index in [9.17, 15) is 5.11 Å². The average Bonchev–Trinajstić information content (AvgIpc) is 2.75. The van der Waals surface area contributed by atoms with E-state index < -0.39 is 6.10 Å². The second-order valence-electron chi connectivity index (χ2n) is 7.25. The lowest BCUT2D eigenvalue weighted by Crippen LogP contribution is -2.38. The number of hydrogen-bond acceptors (Lipinski definition) is 5. The molecule has 0 aliphatic heterocycles. The summed E-state index contributed by atoms with van der Waals surface area (Å²) >= 11 is 0. The number of hydrogen-bond donors (Lipinski definition) is 4. The van der Waals surface area contributed by atoms with Crippen molar-refractivity contribution in [3.63, 3.8) is 0 Å². The summed E-state index contributed by atoms with van der Waals surface area (Å²) in [5, 5.41) is 20.3. The van der Waals surface area contributed by atoms with Crippen molar-refractivity contribution in [3.8, 4) is 5.75 Å². The van der Waals surface area contributed by atoms with Gasteiger partial charge in [-0.25, -0.2) is 4.98 Å². The van der Waals surface area contributed by atoms with Crippen molar-refractivity contribution in [1.82, 2.24) is 15.6 Å². The second-order valence-corrected chi connectivity index (χ2v) is 7.25. The van der Waals surface area contributed by atoms with E-state index in [1.54, 1.807) is 6.20 Å². The maximum Gasteiger partial charge on any atom is 0.191 e. The summed E-state index contributed by atoms with van der Waals surface area (Å²) in [5.41, 5.74) is 0.825. The highest BCUT2D eigenvalue weighted by atomic mass is 16.5. The Kier molecular flexibility index (Phi) is 10.5. The minimum Gasteiger partial charge on any atom is -0.491 e. The fraction of sp³-hybridized carbons (Fsp3) is 0.478. The molecule has 0 fully saturated rings. The van der Waals surface area contributed by atoms with Crippen molar-refractivity contribution in [3.05, 3.63) is 54.2 Å². The van der Waals surface area contributed by atoms with Crippen LogP contribution in [0.1, 0.15) is 45.3 Å². The third-order valence-corrected chi connectivity index (χ3v) is 4.27. The fourth-order valence-corrected chi connectivity index (χ4v) is 2.81. The van der Waals surface area contributed by atoms with Gasteiger partial charge in [0.15, 0.2) is 5.96 Å². The Labute approximate surface area is 180 Å². The highest BCUT2D eigenvalue weighted by molar-refractivity contribution is 5.79. The molecule has 0 saturated heterocycles. The zero-order chi connectivity index (χ0) is 21.6.